The van der Waals surface area contributed by atoms with Gasteiger partial charge in [-0.25, -0.2) is 4.79 Å². The van der Waals surface area contributed by atoms with Gasteiger partial charge >= 0.3 is 5.97 Å². The van der Waals surface area contributed by atoms with E-state index in [1.165, 1.54) is 7.11 Å². The molecule has 0 unspecified atom stereocenters. The number of benzene rings is 1. The van der Waals surface area contributed by atoms with Crippen molar-refractivity contribution in [3.05, 3.63) is 41.5 Å². The molecule has 1 atom stereocenters. The molecule has 110 valence electrons. The Morgan fingerprint density at radius 3 is 2.65 bits per heavy atom. The van der Waals surface area contributed by atoms with E-state index >= 15 is 0 Å². The highest BCUT2D eigenvalue weighted by Gasteiger charge is 2.10. The molecule has 0 radical (unpaired) electrons. The maximum atomic E-state index is 11.5. The fraction of sp³-hybridized carbons (Fsp3) is 0.438. The lowest BCUT2D eigenvalue weighted by molar-refractivity contribution is -0.136. The quantitative estimate of drug-likeness (QED) is 0.615. The Labute approximate surface area is 120 Å². The Bertz CT molecular complexity index is 469. The Hall–Kier alpha value is -1.81. The van der Waals surface area contributed by atoms with Gasteiger partial charge in [0.05, 0.1) is 14.2 Å². The third kappa shape index (κ3) is 4.38. The fourth-order valence-electron chi connectivity index (χ4n) is 2.00. The molecule has 0 fully saturated rings. The van der Waals surface area contributed by atoms with E-state index < -0.39 is 0 Å². The summed E-state index contributed by atoms with van der Waals surface area (Å²) in [6.07, 6.45) is 2.54. The lowest BCUT2D eigenvalue weighted by Gasteiger charge is -2.16. The second kappa shape index (κ2) is 8.38. The maximum absolute atomic E-state index is 11.5. The molecule has 0 bridgehead atoms. The highest BCUT2D eigenvalue weighted by atomic mass is 16.5. The first-order valence-corrected chi connectivity index (χ1v) is 6.77. The number of esters is 1. The standard InChI is InChI=1S/C16H23NO3/c1-5-13(16(18)20-4)10-11-17-12(2)14-8-6-7-9-15(14)19-3/h6-10,12,17H,5,11H2,1-4H3/b13-10-/t12-/m0/s1. The van der Waals surface area contributed by atoms with E-state index in [-0.39, 0.29) is 12.0 Å². The minimum Gasteiger partial charge on any atom is -0.496 e. The SMILES string of the molecule is CC/C(=C/CN[C@@H](C)c1ccccc1OC)C(=O)OC. The smallest absolute Gasteiger partial charge is 0.333 e. The third-order valence-electron chi connectivity index (χ3n) is 3.21. The number of para-hydroxylation sites is 1. The normalized spacial score (nSPS) is 12.9. The van der Waals surface area contributed by atoms with Crippen LogP contribution in [0.15, 0.2) is 35.9 Å². The second-order valence-electron chi connectivity index (χ2n) is 4.45. The summed E-state index contributed by atoms with van der Waals surface area (Å²) in [6.45, 7) is 4.61. The van der Waals surface area contributed by atoms with Crippen molar-refractivity contribution in [3.8, 4) is 5.75 Å². The van der Waals surface area contributed by atoms with Gasteiger partial charge in [-0.05, 0) is 19.4 Å². The van der Waals surface area contributed by atoms with E-state index in [0.29, 0.717) is 18.5 Å². The van der Waals surface area contributed by atoms with E-state index in [9.17, 15) is 4.79 Å². The van der Waals surface area contributed by atoms with Crippen LogP contribution in [0.3, 0.4) is 0 Å². The predicted molar refractivity (Wildman–Crippen MR) is 79.8 cm³/mol. The highest BCUT2D eigenvalue weighted by molar-refractivity contribution is 5.88. The van der Waals surface area contributed by atoms with Crippen molar-refractivity contribution in [2.45, 2.75) is 26.3 Å². The average molecular weight is 277 g/mol. The van der Waals surface area contributed by atoms with Crippen LogP contribution in [0, 0.1) is 0 Å². The second-order valence-corrected chi connectivity index (χ2v) is 4.45. The van der Waals surface area contributed by atoms with Crippen molar-refractivity contribution in [3.63, 3.8) is 0 Å². The molecule has 0 aromatic heterocycles. The summed E-state index contributed by atoms with van der Waals surface area (Å²) < 4.78 is 10.1. The zero-order valence-electron chi connectivity index (χ0n) is 12.6. The first kappa shape index (κ1) is 16.2. The summed E-state index contributed by atoms with van der Waals surface area (Å²) in [7, 11) is 3.06. The number of hydrogen-bond donors (Lipinski definition) is 1. The van der Waals surface area contributed by atoms with Crippen LogP contribution in [0.25, 0.3) is 0 Å². The Balaban J connectivity index is 2.65. The van der Waals surface area contributed by atoms with Gasteiger partial charge in [-0.1, -0.05) is 31.2 Å². The molecule has 1 rings (SSSR count). The van der Waals surface area contributed by atoms with Crippen molar-refractivity contribution >= 4 is 5.97 Å². The summed E-state index contributed by atoms with van der Waals surface area (Å²) >= 11 is 0. The minimum atomic E-state index is -0.265. The lowest BCUT2D eigenvalue weighted by Crippen LogP contribution is -2.20. The van der Waals surface area contributed by atoms with Gasteiger partial charge in [-0.15, -0.1) is 0 Å². The van der Waals surface area contributed by atoms with Gasteiger partial charge < -0.3 is 14.8 Å². The van der Waals surface area contributed by atoms with E-state index in [0.717, 1.165) is 11.3 Å². The molecule has 1 aromatic carbocycles. The molecule has 4 nitrogen and oxygen atoms in total. The van der Waals surface area contributed by atoms with Gasteiger partial charge in [0, 0.05) is 23.7 Å². The summed E-state index contributed by atoms with van der Waals surface area (Å²) in [5, 5.41) is 3.35. The van der Waals surface area contributed by atoms with Crippen LogP contribution >= 0.6 is 0 Å². The van der Waals surface area contributed by atoms with Crippen LogP contribution in [0.4, 0.5) is 0 Å². The summed E-state index contributed by atoms with van der Waals surface area (Å²) in [5.41, 5.74) is 1.78. The Morgan fingerprint density at radius 2 is 2.05 bits per heavy atom. The van der Waals surface area contributed by atoms with E-state index in [1.807, 2.05) is 37.3 Å². The number of carbonyl (C=O) groups excluding carboxylic acids is 1. The molecule has 0 saturated heterocycles. The molecule has 4 heteroatoms. The number of methoxy groups -OCH3 is 2. The molecule has 1 aromatic rings. The number of carbonyl (C=O) groups is 1. The van der Waals surface area contributed by atoms with Crippen molar-refractivity contribution in [1.29, 1.82) is 0 Å². The minimum absolute atomic E-state index is 0.137. The molecule has 20 heavy (non-hydrogen) atoms. The van der Waals surface area contributed by atoms with E-state index in [2.05, 4.69) is 12.2 Å². The van der Waals surface area contributed by atoms with Crippen LogP contribution in [-0.4, -0.2) is 26.7 Å². The zero-order chi connectivity index (χ0) is 15.0. The fourth-order valence-corrected chi connectivity index (χ4v) is 2.00. The predicted octanol–water partition coefficient (Wildman–Crippen LogP) is 2.86. The molecule has 0 aliphatic heterocycles. The molecule has 0 amide bonds. The van der Waals surface area contributed by atoms with Crippen LogP contribution in [0.2, 0.25) is 0 Å². The third-order valence-corrected chi connectivity index (χ3v) is 3.21. The average Bonchev–Trinajstić information content (AvgIpc) is 2.50. The first-order valence-electron chi connectivity index (χ1n) is 6.77. The maximum Gasteiger partial charge on any atom is 0.333 e. The first-order chi connectivity index (χ1) is 9.63. The molecule has 0 aliphatic rings. The highest BCUT2D eigenvalue weighted by Crippen LogP contribution is 2.24. The molecule has 1 N–H and O–H groups in total. The van der Waals surface area contributed by atoms with Gasteiger partial charge in [-0.2, -0.15) is 0 Å². The van der Waals surface area contributed by atoms with Gasteiger partial charge in [0.25, 0.3) is 0 Å². The van der Waals surface area contributed by atoms with Crippen LogP contribution in [0.1, 0.15) is 31.9 Å². The number of rotatable bonds is 7. The monoisotopic (exact) mass is 277 g/mol. The van der Waals surface area contributed by atoms with Crippen molar-refractivity contribution in [1.82, 2.24) is 5.32 Å². The largest absolute Gasteiger partial charge is 0.496 e. The van der Waals surface area contributed by atoms with Crippen molar-refractivity contribution in [2.75, 3.05) is 20.8 Å². The Morgan fingerprint density at radius 1 is 1.35 bits per heavy atom. The number of hydrogen-bond acceptors (Lipinski definition) is 4. The molecule has 0 saturated carbocycles. The molecular formula is C16H23NO3. The van der Waals surface area contributed by atoms with Crippen molar-refractivity contribution < 1.29 is 14.3 Å². The van der Waals surface area contributed by atoms with E-state index in [1.54, 1.807) is 7.11 Å². The molecule has 0 aliphatic carbocycles. The van der Waals surface area contributed by atoms with Gasteiger partial charge in [0.2, 0.25) is 0 Å². The summed E-state index contributed by atoms with van der Waals surface area (Å²) in [6, 6.07) is 8.04. The lowest BCUT2D eigenvalue weighted by atomic mass is 10.1. The summed E-state index contributed by atoms with van der Waals surface area (Å²) in [4.78, 5) is 11.5. The number of ether oxygens (including phenoxy) is 2. The summed E-state index contributed by atoms with van der Waals surface area (Å²) in [5.74, 6) is 0.597. The topological polar surface area (TPSA) is 47.6 Å². The van der Waals surface area contributed by atoms with Gasteiger partial charge in [0.15, 0.2) is 0 Å². The molecule has 0 spiro atoms. The van der Waals surface area contributed by atoms with Crippen LogP contribution in [0.5, 0.6) is 5.75 Å². The van der Waals surface area contributed by atoms with Crippen LogP contribution in [-0.2, 0) is 9.53 Å². The number of nitrogens with one attached hydrogen (secondary N) is 1. The van der Waals surface area contributed by atoms with Crippen molar-refractivity contribution in [2.24, 2.45) is 0 Å². The molecular weight excluding hydrogens is 254 g/mol. The zero-order valence-corrected chi connectivity index (χ0v) is 12.6. The molecule has 0 heterocycles. The van der Waals surface area contributed by atoms with Gasteiger partial charge in [0.1, 0.15) is 5.75 Å². The van der Waals surface area contributed by atoms with Crippen LogP contribution < -0.4 is 10.1 Å². The van der Waals surface area contributed by atoms with Gasteiger partial charge in [-0.3, -0.25) is 0 Å². The van der Waals surface area contributed by atoms with E-state index in [4.69, 9.17) is 9.47 Å². The Kier molecular flexibility index (Phi) is 6.81.